The number of aromatic nitrogens is 1. The predicted octanol–water partition coefficient (Wildman–Crippen LogP) is 2.10. The highest BCUT2D eigenvalue weighted by molar-refractivity contribution is 7.15. The summed E-state index contributed by atoms with van der Waals surface area (Å²) in [5.41, 5.74) is 7.56. The number of rotatable bonds is 7. The van der Waals surface area contributed by atoms with Crippen molar-refractivity contribution < 1.29 is 9.53 Å². The van der Waals surface area contributed by atoms with Crippen LogP contribution < -0.4 is 11.1 Å². The summed E-state index contributed by atoms with van der Waals surface area (Å²) in [5.74, 6) is -0.0636. The normalized spacial score (nSPS) is 12.1. The van der Waals surface area contributed by atoms with Crippen molar-refractivity contribution in [3.63, 3.8) is 0 Å². The van der Waals surface area contributed by atoms with Crippen LogP contribution in [-0.4, -0.2) is 30.6 Å². The van der Waals surface area contributed by atoms with E-state index in [1.165, 1.54) is 0 Å². The van der Waals surface area contributed by atoms with Crippen molar-refractivity contribution >= 4 is 17.2 Å². The van der Waals surface area contributed by atoms with Crippen LogP contribution in [0.1, 0.15) is 17.0 Å². The molecule has 3 N–H and O–H groups in total. The van der Waals surface area contributed by atoms with E-state index in [0.29, 0.717) is 13.1 Å². The van der Waals surface area contributed by atoms with E-state index in [2.05, 4.69) is 10.3 Å². The molecule has 1 aromatic heterocycles. The molecule has 1 atom stereocenters. The number of nitrogens with zero attached hydrogens (tertiary/aromatic N) is 1. The lowest BCUT2D eigenvalue weighted by atomic mass is 10.2. The van der Waals surface area contributed by atoms with Crippen LogP contribution in [0.4, 0.5) is 0 Å². The van der Waals surface area contributed by atoms with Gasteiger partial charge in [0.05, 0.1) is 24.8 Å². The monoisotopic (exact) mass is 319 g/mol. The fraction of sp³-hybridized carbons (Fsp3) is 0.375. The molecule has 1 unspecified atom stereocenters. The Balaban J connectivity index is 1.96. The van der Waals surface area contributed by atoms with Gasteiger partial charge in [-0.2, -0.15) is 0 Å². The SMILES string of the molecule is COC(CN)CC(=O)NCc1sc(-c2ccccc2)nc1C. The van der Waals surface area contributed by atoms with Crippen LogP contribution in [0.5, 0.6) is 0 Å². The summed E-state index contributed by atoms with van der Waals surface area (Å²) in [7, 11) is 1.56. The number of aryl methyl sites for hydroxylation is 1. The zero-order valence-corrected chi connectivity index (χ0v) is 13.7. The van der Waals surface area contributed by atoms with Crippen LogP contribution in [0.15, 0.2) is 30.3 Å². The van der Waals surface area contributed by atoms with Gasteiger partial charge in [-0.15, -0.1) is 11.3 Å². The zero-order valence-electron chi connectivity index (χ0n) is 12.8. The van der Waals surface area contributed by atoms with E-state index in [9.17, 15) is 4.79 Å². The highest BCUT2D eigenvalue weighted by Gasteiger charge is 2.13. The molecule has 22 heavy (non-hydrogen) atoms. The molecule has 0 aliphatic carbocycles. The van der Waals surface area contributed by atoms with Gasteiger partial charge in [0.1, 0.15) is 5.01 Å². The third-order valence-electron chi connectivity index (χ3n) is 3.37. The first-order valence-electron chi connectivity index (χ1n) is 7.15. The summed E-state index contributed by atoms with van der Waals surface area (Å²) < 4.78 is 5.11. The molecule has 0 aliphatic heterocycles. The second-order valence-corrected chi connectivity index (χ2v) is 6.05. The molecule has 0 radical (unpaired) electrons. The van der Waals surface area contributed by atoms with Gasteiger partial charge in [-0.1, -0.05) is 30.3 Å². The van der Waals surface area contributed by atoms with Crippen LogP contribution in [0.2, 0.25) is 0 Å². The number of hydrogen-bond acceptors (Lipinski definition) is 5. The minimum absolute atomic E-state index is 0.0636. The number of amides is 1. The fourth-order valence-electron chi connectivity index (χ4n) is 2.02. The molecule has 0 aliphatic rings. The molecule has 1 amide bonds. The minimum atomic E-state index is -0.234. The topological polar surface area (TPSA) is 77.2 Å². The van der Waals surface area contributed by atoms with Gasteiger partial charge in [-0.3, -0.25) is 4.79 Å². The highest BCUT2D eigenvalue weighted by Crippen LogP contribution is 2.27. The van der Waals surface area contributed by atoms with Gasteiger partial charge in [0.2, 0.25) is 5.91 Å². The Kier molecular flexibility index (Phi) is 6.06. The highest BCUT2D eigenvalue weighted by atomic mass is 32.1. The zero-order chi connectivity index (χ0) is 15.9. The summed E-state index contributed by atoms with van der Waals surface area (Å²) in [6, 6.07) is 10.0. The molecule has 0 fully saturated rings. The third kappa shape index (κ3) is 4.37. The van der Waals surface area contributed by atoms with E-state index >= 15 is 0 Å². The lowest BCUT2D eigenvalue weighted by Crippen LogP contribution is -2.31. The maximum Gasteiger partial charge on any atom is 0.222 e. The van der Waals surface area contributed by atoms with Gasteiger partial charge in [0.15, 0.2) is 0 Å². The summed E-state index contributed by atoms with van der Waals surface area (Å²) in [6.07, 6.45) is 0.0403. The van der Waals surface area contributed by atoms with Crippen LogP contribution in [-0.2, 0) is 16.1 Å². The fourth-order valence-corrected chi connectivity index (χ4v) is 3.02. The van der Waals surface area contributed by atoms with Gasteiger partial charge in [-0.25, -0.2) is 4.98 Å². The van der Waals surface area contributed by atoms with E-state index in [-0.39, 0.29) is 18.4 Å². The molecule has 0 bridgehead atoms. The Hall–Kier alpha value is -1.76. The number of hydrogen-bond donors (Lipinski definition) is 2. The van der Waals surface area contributed by atoms with E-state index in [0.717, 1.165) is 21.1 Å². The van der Waals surface area contributed by atoms with Crippen LogP contribution in [0, 0.1) is 6.92 Å². The lowest BCUT2D eigenvalue weighted by molar-refractivity contribution is -0.123. The van der Waals surface area contributed by atoms with Crippen LogP contribution in [0.25, 0.3) is 10.6 Å². The molecular weight excluding hydrogens is 298 g/mol. The number of nitrogens with one attached hydrogen (secondary N) is 1. The van der Waals surface area contributed by atoms with Crippen molar-refractivity contribution in [3.8, 4) is 10.6 Å². The van der Waals surface area contributed by atoms with E-state index in [1.807, 2.05) is 37.3 Å². The molecule has 2 rings (SSSR count). The smallest absolute Gasteiger partial charge is 0.222 e. The quantitative estimate of drug-likeness (QED) is 0.819. The number of carbonyl (C=O) groups excluding carboxylic acids is 1. The van der Waals surface area contributed by atoms with E-state index in [1.54, 1.807) is 18.4 Å². The lowest BCUT2D eigenvalue weighted by Gasteiger charge is -2.12. The molecule has 1 aromatic carbocycles. The molecule has 0 saturated carbocycles. The van der Waals surface area contributed by atoms with Crippen LogP contribution >= 0.6 is 11.3 Å². The molecule has 118 valence electrons. The maximum atomic E-state index is 11.9. The van der Waals surface area contributed by atoms with Gasteiger partial charge < -0.3 is 15.8 Å². The van der Waals surface area contributed by atoms with Gasteiger partial charge in [-0.05, 0) is 6.92 Å². The molecule has 2 aromatic rings. The van der Waals surface area contributed by atoms with Gasteiger partial charge in [0, 0.05) is 24.1 Å². The summed E-state index contributed by atoms with van der Waals surface area (Å²) >= 11 is 1.60. The van der Waals surface area contributed by atoms with Crippen molar-refractivity contribution in [2.24, 2.45) is 5.73 Å². The standard InChI is InChI=1S/C16H21N3O2S/c1-11-14(10-18-15(20)8-13(9-17)21-2)22-16(19-11)12-6-4-3-5-7-12/h3-7,13H,8-10,17H2,1-2H3,(H,18,20). The Labute approximate surface area is 134 Å². The number of carbonyl (C=O) groups is 1. The van der Waals surface area contributed by atoms with Gasteiger partial charge >= 0.3 is 0 Å². The predicted molar refractivity (Wildman–Crippen MR) is 88.6 cm³/mol. The molecule has 5 nitrogen and oxygen atoms in total. The number of benzene rings is 1. The number of ether oxygens (including phenoxy) is 1. The average molecular weight is 319 g/mol. The molecule has 0 saturated heterocycles. The van der Waals surface area contributed by atoms with Crippen LogP contribution in [0.3, 0.4) is 0 Å². The second kappa shape index (κ2) is 8.03. The number of thiazole rings is 1. The average Bonchev–Trinajstić information content (AvgIpc) is 2.92. The molecular formula is C16H21N3O2S. The number of methoxy groups -OCH3 is 1. The van der Waals surface area contributed by atoms with E-state index in [4.69, 9.17) is 10.5 Å². The summed E-state index contributed by atoms with van der Waals surface area (Å²) in [6.45, 7) is 2.78. The number of nitrogens with two attached hydrogens (primary N) is 1. The molecule has 1 heterocycles. The van der Waals surface area contributed by atoms with Crippen molar-refractivity contribution in [3.05, 3.63) is 40.9 Å². The summed E-state index contributed by atoms with van der Waals surface area (Å²) in [4.78, 5) is 17.5. The maximum absolute atomic E-state index is 11.9. The van der Waals surface area contributed by atoms with Crippen molar-refractivity contribution in [2.75, 3.05) is 13.7 Å². The van der Waals surface area contributed by atoms with Crippen molar-refractivity contribution in [1.82, 2.24) is 10.3 Å². The largest absolute Gasteiger partial charge is 0.380 e. The first kappa shape index (κ1) is 16.6. The summed E-state index contributed by atoms with van der Waals surface area (Å²) in [5, 5.41) is 3.87. The van der Waals surface area contributed by atoms with Crippen molar-refractivity contribution in [2.45, 2.75) is 26.0 Å². The van der Waals surface area contributed by atoms with Crippen molar-refractivity contribution in [1.29, 1.82) is 0 Å². The first-order chi connectivity index (χ1) is 10.6. The second-order valence-electron chi connectivity index (χ2n) is 4.97. The van der Waals surface area contributed by atoms with Gasteiger partial charge in [0.25, 0.3) is 0 Å². The Morgan fingerprint density at radius 2 is 2.14 bits per heavy atom. The first-order valence-corrected chi connectivity index (χ1v) is 7.97. The van der Waals surface area contributed by atoms with E-state index < -0.39 is 0 Å². The molecule has 0 spiro atoms. The minimum Gasteiger partial charge on any atom is -0.380 e. The third-order valence-corrected chi connectivity index (χ3v) is 4.58. The Morgan fingerprint density at radius 3 is 2.77 bits per heavy atom. The Bertz CT molecular complexity index is 609. The Morgan fingerprint density at radius 1 is 1.41 bits per heavy atom. The molecule has 6 heteroatoms.